The summed E-state index contributed by atoms with van der Waals surface area (Å²) in [5.74, 6) is 0. The molecule has 0 aliphatic rings. The number of rotatable bonds is 1. The molecule has 0 aliphatic heterocycles. The lowest BCUT2D eigenvalue weighted by atomic mass is 10.3. The topological polar surface area (TPSA) is 70.4 Å². The largest absolute Gasteiger partial charge is 0.356 e. The van der Waals surface area contributed by atoms with Crippen molar-refractivity contribution in [1.29, 1.82) is 0 Å². The minimum absolute atomic E-state index is 0.0234. The van der Waals surface area contributed by atoms with E-state index in [2.05, 4.69) is 4.98 Å². The third kappa shape index (κ3) is 1.72. The number of hydrogen-bond donors (Lipinski definition) is 2. The molecule has 2 N–H and O–H groups in total. The monoisotopic (exact) mass is 229 g/mol. The molecule has 1 heterocycles. The molecule has 2 rings (SSSR count). The normalized spacial score (nSPS) is 12.2. The zero-order chi connectivity index (χ0) is 10.3. The van der Waals surface area contributed by atoms with Crippen LogP contribution in [-0.4, -0.2) is 14.8 Å². The Morgan fingerprint density at radius 2 is 2.14 bits per heavy atom. The van der Waals surface area contributed by atoms with Gasteiger partial charge in [-0.05, 0) is 25.1 Å². The van der Waals surface area contributed by atoms with Gasteiger partial charge >= 0.3 is 7.60 Å². The van der Waals surface area contributed by atoms with E-state index in [1.807, 2.05) is 6.92 Å². The van der Waals surface area contributed by atoms with Crippen molar-refractivity contribution >= 4 is 34.5 Å². The summed E-state index contributed by atoms with van der Waals surface area (Å²) >= 11 is 1.51. The van der Waals surface area contributed by atoms with Crippen LogP contribution in [-0.2, 0) is 4.57 Å². The van der Waals surface area contributed by atoms with Crippen LogP contribution in [0.15, 0.2) is 18.2 Å². The van der Waals surface area contributed by atoms with Gasteiger partial charge in [-0.3, -0.25) is 4.57 Å². The van der Waals surface area contributed by atoms with Crippen LogP contribution in [0.1, 0.15) is 5.01 Å². The van der Waals surface area contributed by atoms with E-state index in [0.717, 1.165) is 9.71 Å². The molecular formula is C8H8NO3PS. The van der Waals surface area contributed by atoms with Crippen molar-refractivity contribution in [2.75, 3.05) is 0 Å². The predicted molar refractivity (Wildman–Crippen MR) is 56.0 cm³/mol. The number of benzene rings is 1. The number of thiazole rings is 1. The first-order valence-electron chi connectivity index (χ1n) is 3.90. The summed E-state index contributed by atoms with van der Waals surface area (Å²) in [5.41, 5.74) is 0.647. The molecule has 6 heteroatoms. The van der Waals surface area contributed by atoms with E-state index in [0.29, 0.717) is 5.52 Å². The van der Waals surface area contributed by atoms with Crippen LogP contribution < -0.4 is 5.30 Å². The quantitative estimate of drug-likeness (QED) is 0.725. The first-order valence-corrected chi connectivity index (χ1v) is 6.33. The van der Waals surface area contributed by atoms with Crippen molar-refractivity contribution in [3.63, 3.8) is 0 Å². The summed E-state index contributed by atoms with van der Waals surface area (Å²) in [4.78, 5) is 22.0. The highest BCUT2D eigenvalue weighted by atomic mass is 32.1. The third-order valence-corrected chi connectivity index (χ3v) is 3.72. The molecule has 0 radical (unpaired) electrons. The molecule has 0 fully saturated rings. The van der Waals surface area contributed by atoms with Gasteiger partial charge in [0.05, 0.1) is 20.5 Å². The van der Waals surface area contributed by atoms with Crippen molar-refractivity contribution in [2.24, 2.45) is 0 Å². The SMILES string of the molecule is Cc1nc2cc(P(=O)(O)O)ccc2s1. The fourth-order valence-corrected chi connectivity index (χ4v) is 2.58. The van der Waals surface area contributed by atoms with Crippen LogP contribution in [0.2, 0.25) is 0 Å². The lowest BCUT2D eigenvalue weighted by Crippen LogP contribution is -2.02. The molecule has 0 saturated carbocycles. The van der Waals surface area contributed by atoms with Crippen LogP contribution in [0.4, 0.5) is 0 Å². The highest BCUT2D eigenvalue weighted by Crippen LogP contribution is 2.34. The van der Waals surface area contributed by atoms with Gasteiger partial charge in [-0.2, -0.15) is 0 Å². The zero-order valence-electron chi connectivity index (χ0n) is 7.34. The van der Waals surface area contributed by atoms with Crippen LogP contribution in [0.3, 0.4) is 0 Å². The van der Waals surface area contributed by atoms with E-state index in [4.69, 9.17) is 9.79 Å². The highest BCUT2D eigenvalue weighted by molar-refractivity contribution is 7.60. The van der Waals surface area contributed by atoms with Crippen LogP contribution in [0.5, 0.6) is 0 Å². The van der Waals surface area contributed by atoms with Crippen LogP contribution in [0, 0.1) is 6.92 Å². The Labute approximate surface area is 84.4 Å². The molecule has 0 saturated heterocycles. The van der Waals surface area contributed by atoms with Gasteiger partial charge in [0.1, 0.15) is 0 Å². The summed E-state index contributed by atoms with van der Waals surface area (Å²) in [6.45, 7) is 1.86. The molecule has 74 valence electrons. The first kappa shape index (κ1) is 9.80. The Morgan fingerprint density at radius 1 is 1.43 bits per heavy atom. The lowest BCUT2D eigenvalue weighted by molar-refractivity contribution is 0.387. The van der Waals surface area contributed by atoms with E-state index in [-0.39, 0.29) is 5.30 Å². The third-order valence-electron chi connectivity index (χ3n) is 1.81. The highest BCUT2D eigenvalue weighted by Gasteiger charge is 2.17. The number of fused-ring (bicyclic) bond motifs is 1. The molecule has 1 aromatic heterocycles. The fraction of sp³-hybridized carbons (Fsp3) is 0.125. The minimum Gasteiger partial charge on any atom is -0.321 e. The summed E-state index contributed by atoms with van der Waals surface area (Å²) < 4.78 is 11.9. The maximum atomic E-state index is 11.0. The Hall–Kier alpha value is -0.740. The summed E-state index contributed by atoms with van der Waals surface area (Å²) in [6, 6.07) is 4.58. The Bertz CT molecular complexity index is 530. The van der Waals surface area contributed by atoms with E-state index in [1.54, 1.807) is 6.07 Å². The molecule has 4 nitrogen and oxygen atoms in total. The molecule has 14 heavy (non-hydrogen) atoms. The zero-order valence-corrected chi connectivity index (χ0v) is 9.05. The molecule has 0 atom stereocenters. The van der Waals surface area contributed by atoms with Crippen molar-refractivity contribution in [1.82, 2.24) is 4.98 Å². The molecule has 2 aromatic rings. The van der Waals surface area contributed by atoms with E-state index in [9.17, 15) is 4.57 Å². The van der Waals surface area contributed by atoms with Crippen molar-refractivity contribution < 1.29 is 14.4 Å². The Kier molecular flexibility index (Phi) is 2.20. The summed E-state index contributed by atoms with van der Waals surface area (Å²) in [6.07, 6.45) is 0. The van der Waals surface area contributed by atoms with Gasteiger partial charge in [0, 0.05) is 0 Å². The van der Waals surface area contributed by atoms with E-state index in [1.165, 1.54) is 23.5 Å². The van der Waals surface area contributed by atoms with Crippen molar-refractivity contribution in [3.8, 4) is 0 Å². The standard InChI is InChI=1S/C8H8NO3PS/c1-5-9-7-4-6(13(10,11)12)2-3-8(7)14-5/h2-4H,1H3,(H2,10,11,12). The average Bonchev–Trinajstić information content (AvgIpc) is 2.41. The van der Waals surface area contributed by atoms with Crippen molar-refractivity contribution in [3.05, 3.63) is 23.2 Å². The lowest BCUT2D eigenvalue weighted by Gasteiger charge is -2.02. The van der Waals surface area contributed by atoms with Gasteiger partial charge in [-0.25, -0.2) is 4.98 Å². The van der Waals surface area contributed by atoms with Gasteiger partial charge < -0.3 is 9.79 Å². The smallest absolute Gasteiger partial charge is 0.321 e. The van der Waals surface area contributed by atoms with Gasteiger partial charge in [0.25, 0.3) is 0 Å². The van der Waals surface area contributed by atoms with Crippen LogP contribution in [0.25, 0.3) is 10.2 Å². The minimum atomic E-state index is -4.15. The number of aryl methyl sites for hydroxylation is 1. The van der Waals surface area contributed by atoms with Gasteiger partial charge in [-0.15, -0.1) is 11.3 Å². The van der Waals surface area contributed by atoms with Gasteiger partial charge in [-0.1, -0.05) is 0 Å². The van der Waals surface area contributed by atoms with Gasteiger partial charge in [0.2, 0.25) is 0 Å². The number of nitrogens with zero attached hydrogens (tertiary/aromatic N) is 1. The first-order chi connectivity index (χ1) is 6.47. The molecule has 0 unspecified atom stereocenters. The maximum absolute atomic E-state index is 11.0. The molecule has 0 amide bonds. The van der Waals surface area contributed by atoms with E-state index >= 15 is 0 Å². The Morgan fingerprint density at radius 3 is 2.79 bits per heavy atom. The van der Waals surface area contributed by atoms with Crippen molar-refractivity contribution in [2.45, 2.75) is 6.92 Å². The molecular weight excluding hydrogens is 221 g/mol. The second-order valence-electron chi connectivity index (χ2n) is 2.93. The molecule has 0 spiro atoms. The second kappa shape index (κ2) is 3.14. The van der Waals surface area contributed by atoms with Crippen LogP contribution >= 0.6 is 18.9 Å². The maximum Gasteiger partial charge on any atom is 0.356 e. The Balaban J connectivity index is 2.67. The number of hydrogen-bond acceptors (Lipinski definition) is 3. The molecule has 1 aromatic carbocycles. The number of aromatic nitrogens is 1. The summed E-state index contributed by atoms with van der Waals surface area (Å²) in [5, 5.41) is 0.915. The van der Waals surface area contributed by atoms with Gasteiger partial charge in [0.15, 0.2) is 0 Å². The average molecular weight is 229 g/mol. The predicted octanol–water partition coefficient (Wildman–Crippen LogP) is 1.41. The summed E-state index contributed by atoms with van der Waals surface area (Å²) in [7, 11) is -4.15. The fourth-order valence-electron chi connectivity index (χ4n) is 1.21. The molecule has 0 aliphatic carbocycles. The molecule has 0 bridgehead atoms. The second-order valence-corrected chi connectivity index (χ2v) is 5.77. The van der Waals surface area contributed by atoms with E-state index < -0.39 is 7.60 Å².